The molecular weight excluding hydrogens is 610 g/mol. The summed E-state index contributed by atoms with van der Waals surface area (Å²) in [5.41, 5.74) is 1.81. The van der Waals surface area contributed by atoms with Crippen LogP contribution in [0.25, 0.3) is 0 Å². The molecule has 0 saturated carbocycles. The molecule has 0 aliphatic heterocycles. The fourth-order valence-corrected chi connectivity index (χ4v) is 8.40. The van der Waals surface area contributed by atoms with Crippen LogP contribution in [0.15, 0.2) is 17.9 Å². The van der Waals surface area contributed by atoms with Crippen molar-refractivity contribution in [2.45, 2.75) is 32.1 Å². The van der Waals surface area contributed by atoms with Crippen LogP contribution in [-0.2, 0) is 26.0 Å². The summed E-state index contributed by atoms with van der Waals surface area (Å²) in [4.78, 5) is 0. The van der Waals surface area contributed by atoms with Crippen molar-refractivity contribution in [1.82, 2.24) is 0 Å². The van der Waals surface area contributed by atoms with Gasteiger partial charge in [-0.1, -0.05) is 13.3 Å². The maximum atomic E-state index is 12.8. The number of benzene rings is 1. The molecule has 1 rings (SSSR count). The van der Waals surface area contributed by atoms with Crippen molar-refractivity contribution >= 4 is 78.2 Å². The molecule has 24 heavy (non-hydrogen) atoms. The SMILES string of the molecule is CCCCOP(C)(=O)Cc1c(Br)c(Br)c(CP(C)(C)=O)c(Br)c1Br. The molecule has 1 atom stereocenters. The van der Waals surface area contributed by atoms with Crippen molar-refractivity contribution in [3.8, 4) is 0 Å². The highest BCUT2D eigenvalue weighted by Crippen LogP contribution is 2.54. The first-order chi connectivity index (χ1) is 10.9. The highest BCUT2D eigenvalue weighted by atomic mass is 79.9. The smallest absolute Gasteiger partial charge is 0.204 e. The van der Waals surface area contributed by atoms with Gasteiger partial charge in [-0.25, -0.2) is 0 Å². The van der Waals surface area contributed by atoms with E-state index >= 15 is 0 Å². The van der Waals surface area contributed by atoms with E-state index in [9.17, 15) is 9.13 Å². The van der Waals surface area contributed by atoms with Crippen molar-refractivity contribution < 1.29 is 13.7 Å². The molecule has 9 heteroatoms. The lowest BCUT2D eigenvalue weighted by atomic mass is 10.2. The Hall–Kier alpha value is 1.56. The molecule has 0 aromatic heterocycles. The lowest BCUT2D eigenvalue weighted by Crippen LogP contribution is -2.01. The first-order valence-electron chi connectivity index (χ1n) is 7.48. The van der Waals surface area contributed by atoms with Gasteiger partial charge in [0.2, 0.25) is 7.37 Å². The molecule has 0 amide bonds. The fourth-order valence-electron chi connectivity index (χ4n) is 2.12. The predicted molar refractivity (Wildman–Crippen MR) is 118 cm³/mol. The first-order valence-corrected chi connectivity index (χ1v) is 15.7. The highest BCUT2D eigenvalue weighted by Gasteiger charge is 2.26. The second-order valence-corrected chi connectivity index (χ2v) is 15.5. The molecule has 138 valence electrons. The zero-order chi connectivity index (χ0) is 18.7. The standard InChI is InChI=1S/C15H22Br4O3P2/c1-5-6-7-22-24(4,21)9-11-14(18)12(16)10(8-23(2,3)20)13(17)15(11)19/h5-9H2,1-4H3. The summed E-state index contributed by atoms with van der Waals surface area (Å²) in [5.74, 6) is 0. The van der Waals surface area contributed by atoms with Gasteiger partial charge in [0.15, 0.2) is 0 Å². The maximum Gasteiger partial charge on any atom is 0.204 e. The Morgan fingerprint density at radius 1 is 0.833 bits per heavy atom. The van der Waals surface area contributed by atoms with Crippen LogP contribution in [0.5, 0.6) is 0 Å². The van der Waals surface area contributed by atoms with Gasteiger partial charge >= 0.3 is 0 Å². The van der Waals surface area contributed by atoms with Crippen LogP contribution >= 0.6 is 78.2 Å². The van der Waals surface area contributed by atoms with E-state index in [0.717, 1.165) is 41.9 Å². The van der Waals surface area contributed by atoms with E-state index in [4.69, 9.17) is 4.52 Å². The number of hydrogen-bond acceptors (Lipinski definition) is 3. The number of rotatable bonds is 8. The lowest BCUT2D eigenvalue weighted by Gasteiger charge is -2.20. The number of unbranched alkanes of at least 4 members (excludes halogenated alkanes) is 1. The van der Waals surface area contributed by atoms with Crippen LogP contribution in [0.4, 0.5) is 0 Å². The van der Waals surface area contributed by atoms with Crippen LogP contribution in [-0.4, -0.2) is 26.6 Å². The third-order valence-electron chi connectivity index (χ3n) is 3.29. The van der Waals surface area contributed by atoms with E-state index in [1.54, 1.807) is 20.0 Å². The summed E-state index contributed by atoms with van der Waals surface area (Å²) in [7, 11) is -4.99. The lowest BCUT2D eigenvalue weighted by molar-refractivity contribution is 0.308. The minimum Gasteiger partial charge on any atom is -0.328 e. The van der Waals surface area contributed by atoms with Crippen LogP contribution in [0, 0.1) is 0 Å². The minimum absolute atomic E-state index is 0.325. The van der Waals surface area contributed by atoms with Gasteiger partial charge in [0.05, 0.1) is 19.9 Å². The molecule has 3 nitrogen and oxygen atoms in total. The molecule has 1 aromatic rings. The first kappa shape index (κ1) is 23.6. The molecule has 1 aromatic carbocycles. The third kappa shape index (κ3) is 6.94. The number of halogens is 4. The quantitative estimate of drug-likeness (QED) is 0.166. The van der Waals surface area contributed by atoms with Crippen LogP contribution < -0.4 is 0 Å². The summed E-state index contributed by atoms with van der Waals surface area (Å²) >= 11 is 14.4. The molecule has 0 saturated heterocycles. The van der Waals surface area contributed by atoms with Crippen molar-refractivity contribution in [2.24, 2.45) is 0 Å². The third-order valence-corrected chi connectivity index (χ3v) is 10.6. The predicted octanol–water partition coefficient (Wildman–Crippen LogP) is 8.08. The Balaban J connectivity index is 3.23. The Labute approximate surface area is 178 Å². The molecule has 0 aliphatic carbocycles. The van der Waals surface area contributed by atoms with E-state index in [0.29, 0.717) is 18.9 Å². The van der Waals surface area contributed by atoms with E-state index in [2.05, 4.69) is 70.6 Å². The molecule has 0 spiro atoms. The molecular formula is C15H22Br4O3P2. The monoisotopic (exact) mass is 628 g/mol. The minimum atomic E-state index is -2.75. The molecule has 0 radical (unpaired) electrons. The van der Waals surface area contributed by atoms with Crippen molar-refractivity contribution in [3.63, 3.8) is 0 Å². The Morgan fingerprint density at radius 3 is 1.62 bits per heavy atom. The van der Waals surface area contributed by atoms with E-state index in [1.165, 1.54) is 0 Å². The van der Waals surface area contributed by atoms with Gasteiger partial charge in [-0.05, 0) is 94.6 Å². The van der Waals surface area contributed by atoms with Gasteiger partial charge in [-0.15, -0.1) is 0 Å². The van der Waals surface area contributed by atoms with Crippen molar-refractivity contribution in [3.05, 3.63) is 29.0 Å². The summed E-state index contributed by atoms with van der Waals surface area (Å²) in [6.07, 6.45) is 2.70. The molecule has 0 bridgehead atoms. The van der Waals surface area contributed by atoms with Gasteiger partial charge < -0.3 is 9.09 Å². The van der Waals surface area contributed by atoms with Crippen molar-refractivity contribution in [2.75, 3.05) is 26.6 Å². The summed E-state index contributed by atoms with van der Waals surface area (Å²) in [5, 5.41) is 0. The Morgan fingerprint density at radius 2 is 1.25 bits per heavy atom. The summed E-state index contributed by atoms with van der Waals surface area (Å²) in [6.45, 7) is 7.79. The Kier molecular flexibility index (Phi) is 9.50. The molecule has 0 fully saturated rings. The van der Waals surface area contributed by atoms with Gasteiger partial charge in [0.25, 0.3) is 0 Å². The highest BCUT2D eigenvalue weighted by molar-refractivity contribution is 9.14. The molecule has 0 heterocycles. The second-order valence-electron chi connectivity index (χ2n) is 6.30. The van der Waals surface area contributed by atoms with Crippen molar-refractivity contribution in [1.29, 1.82) is 0 Å². The van der Waals surface area contributed by atoms with E-state index in [1.807, 2.05) is 0 Å². The average molecular weight is 632 g/mol. The van der Waals surface area contributed by atoms with Crippen LogP contribution in [0.2, 0.25) is 0 Å². The van der Waals surface area contributed by atoms with Gasteiger partial charge in [0.1, 0.15) is 0 Å². The fraction of sp³-hybridized carbons (Fsp3) is 0.600. The molecule has 0 aliphatic rings. The molecule has 1 unspecified atom stereocenters. The number of hydrogen-bond donors (Lipinski definition) is 0. The van der Waals surface area contributed by atoms with Gasteiger partial charge in [0, 0.05) is 30.7 Å². The van der Waals surface area contributed by atoms with Crippen LogP contribution in [0.3, 0.4) is 0 Å². The van der Waals surface area contributed by atoms with Crippen LogP contribution in [0.1, 0.15) is 30.9 Å². The summed E-state index contributed by atoms with van der Waals surface area (Å²) < 4.78 is 33.9. The normalized spacial score (nSPS) is 14.7. The van der Waals surface area contributed by atoms with E-state index in [-0.39, 0.29) is 0 Å². The van der Waals surface area contributed by atoms with Gasteiger partial charge in [-0.3, -0.25) is 4.57 Å². The zero-order valence-electron chi connectivity index (χ0n) is 14.2. The second kappa shape index (κ2) is 9.66. The summed E-state index contributed by atoms with van der Waals surface area (Å²) in [6, 6.07) is 0. The average Bonchev–Trinajstić information content (AvgIpc) is 2.45. The van der Waals surface area contributed by atoms with E-state index < -0.39 is 14.5 Å². The topological polar surface area (TPSA) is 43.4 Å². The van der Waals surface area contributed by atoms with Gasteiger partial charge in [-0.2, -0.15) is 0 Å². The maximum absolute atomic E-state index is 12.8. The largest absolute Gasteiger partial charge is 0.328 e. The zero-order valence-corrected chi connectivity index (χ0v) is 22.3. The Bertz CT molecular complexity index is 671. The molecule has 0 N–H and O–H groups in total.